The van der Waals surface area contributed by atoms with E-state index in [1.807, 2.05) is 61.5 Å². The van der Waals surface area contributed by atoms with Crippen molar-refractivity contribution in [2.45, 2.75) is 6.92 Å². The Hall–Kier alpha value is -3.25. The normalized spacial score (nSPS) is 11.8. The van der Waals surface area contributed by atoms with Gasteiger partial charge in [-0.3, -0.25) is 4.79 Å². The Morgan fingerprint density at radius 2 is 1.89 bits per heavy atom. The summed E-state index contributed by atoms with van der Waals surface area (Å²) in [6.07, 6.45) is 3.56. The van der Waals surface area contributed by atoms with Crippen molar-refractivity contribution in [1.82, 2.24) is 14.6 Å². The van der Waals surface area contributed by atoms with Crippen LogP contribution in [0.4, 0.5) is 0 Å². The first-order chi connectivity index (χ1) is 13.1. The van der Waals surface area contributed by atoms with Crippen molar-refractivity contribution in [3.05, 3.63) is 87.2 Å². The average Bonchev–Trinajstić information content (AvgIpc) is 3.22. The Kier molecular flexibility index (Phi) is 4.56. The third-order valence-electron chi connectivity index (χ3n) is 4.04. The summed E-state index contributed by atoms with van der Waals surface area (Å²) in [4.78, 5) is 17.7. The highest BCUT2D eigenvalue weighted by molar-refractivity contribution is 7.15. The van der Waals surface area contributed by atoms with Crippen molar-refractivity contribution in [3.63, 3.8) is 0 Å². The molecule has 0 N–H and O–H groups in total. The highest BCUT2D eigenvalue weighted by Crippen LogP contribution is 2.20. The monoisotopic (exact) mass is 375 g/mol. The van der Waals surface area contributed by atoms with E-state index in [2.05, 4.69) is 16.7 Å². The Balaban J connectivity index is 1.67. The van der Waals surface area contributed by atoms with Crippen molar-refractivity contribution < 1.29 is 4.74 Å². The molecule has 6 heteroatoms. The lowest BCUT2D eigenvalue weighted by atomic mass is 10.1. The number of rotatable bonds is 5. The molecule has 0 aliphatic heterocycles. The molecule has 0 saturated heterocycles. The van der Waals surface area contributed by atoms with Gasteiger partial charge in [0.05, 0.1) is 4.53 Å². The Bertz CT molecular complexity index is 1210. The molecule has 0 spiro atoms. The minimum absolute atomic E-state index is 0.153. The van der Waals surface area contributed by atoms with Gasteiger partial charge in [0.1, 0.15) is 12.4 Å². The molecule has 4 rings (SSSR count). The van der Waals surface area contributed by atoms with Crippen LogP contribution in [0.25, 0.3) is 22.4 Å². The molecular formula is C21H17N3O2S. The van der Waals surface area contributed by atoms with Gasteiger partial charge in [-0.2, -0.15) is 9.50 Å². The van der Waals surface area contributed by atoms with Crippen LogP contribution in [-0.2, 0) is 0 Å². The van der Waals surface area contributed by atoms with Crippen LogP contribution in [-0.4, -0.2) is 21.2 Å². The smallest absolute Gasteiger partial charge is 0.291 e. The molecule has 134 valence electrons. The number of ether oxygens (including phenoxy) is 1. The molecule has 0 unspecified atom stereocenters. The molecule has 2 aromatic heterocycles. The van der Waals surface area contributed by atoms with Crippen molar-refractivity contribution in [2.24, 2.45) is 0 Å². The van der Waals surface area contributed by atoms with Crippen LogP contribution in [0.5, 0.6) is 5.75 Å². The summed E-state index contributed by atoms with van der Waals surface area (Å²) in [6, 6.07) is 15.5. The van der Waals surface area contributed by atoms with Gasteiger partial charge >= 0.3 is 0 Å². The molecule has 5 nitrogen and oxygen atoms in total. The quantitative estimate of drug-likeness (QED) is 0.503. The van der Waals surface area contributed by atoms with Crippen molar-refractivity contribution in [3.8, 4) is 17.1 Å². The maximum Gasteiger partial charge on any atom is 0.291 e. The molecule has 0 aliphatic rings. The fourth-order valence-corrected chi connectivity index (χ4v) is 3.53. The summed E-state index contributed by atoms with van der Waals surface area (Å²) < 4.78 is 7.45. The van der Waals surface area contributed by atoms with Crippen molar-refractivity contribution in [2.75, 3.05) is 6.61 Å². The van der Waals surface area contributed by atoms with E-state index in [9.17, 15) is 4.79 Å². The standard InChI is InChI=1S/C21H17N3O2S/c1-3-12-26-17-10-8-16(9-11-17)19-22-21-24(23-19)20(25)18(27-21)13-15-6-4-14(2)5-7-15/h3-11,13H,1,12H2,2H3/b18-13-. The zero-order valence-corrected chi connectivity index (χ0v) is 15.6. The molecule has 0 fully saturated rings. The lowest BCUT2D eigenvalue weighted by molar-refractivity contribution is 0.363. The Morgan fingerprint density at radius 1 is 1.15 bits per heavy atom. The maximum absolute atomic E-state index is 12.6. The van der Waals surface area contributed by atoms with E-state index < -0.39 is 0 Å². The van der Waals surface area contributed by atoms with Crippen LogP contribution in [0.3, 0.4) is 0 Å². The molecule has 0 radical (unpaired) electrons. The number of hydrogen-bond acceptors (Lipinski definition) is 5. The van der Waals surface area contributed by atoms with E-state index >= 15 is 0 Å². The summed E-state index contributed by atoms with van der Waals surface area (Å²) in [6.45, 7) is 6.12. The summed E-state index contributed by atoms with van der Waals surface area (Å²) in [5.74, 6) is 1.27. The third kappa shape index (κ3) is 3.52. The van der Waals surface area contributed by atoms with Gasteiger partial charge < -0.3 is 4.74 Å². The lowest BCUT2D eigenvalue weighted by Crippen LogP contribution is -2.23. The molecule has 0 bridgehead atoms. The highest BCUT2D eigenvalue weighted by Gasteiger charge is 2.12. The second kappa shape index (κ2) is 7.17. The molecule has 2 aromatic carbocycles. The molecule has 0 aliphatic carbocycles. The van der Waals surface area contributed by atoms with Crippen LogP contribution >= 0.6 is 11.3 Å². The number of hydrogen-bond donors (Lipinski definition) is 0. The average molecular weight is 375 g/mol. The molecule has 4 aromatic rings. The largest absolute Gasteiger partial charge is 0.490 e. The summed E-state index contributed by atoms with van der Waals surface area (Å²) >= 11 is 1.34. The van der Waals surface area contributed by atoms with Gasteiger partial charge in [0.2, 0.25) is 4.96 Å². The number of fused-ring (bicyclic) bond motifs is 1. The topological polar surface area (TPSA) is 56.5 Å². The van der Waals surface area contributed by atoms with Gasteiger partial charge in [-0.1, -0.05) is 53.8 Å². The van der Waals surface area contributed by atoms with Crippen LogP contribution in [0, 0.1) is 6.92 Å². The fourth-order valence-electron chi connectivity index (χ4n) is 2.63. The van der Waals surface area contributed by atoms with Crippen molar-refractivity contribution >= 4 is 22.4 Å². The second-order valence-electron chi connectivity index (χ2n) is 6.08. The Morgan fingerprint density at radius 3 is 2.56 bits per heavy atom. The second-order valence-corrected chi connectivity index (χ2v) is 7.09. The molecule has 2 heterocycles. The van der Waals surface area contributed by atoms with E-state index in [4.69, 9.17) is 4.74 Å². The molecule has 0 atom stereocenters. The van der Waals surface area contributed by atoms with Gasteiger partial charge in [0.25, 0.3) is 5.56 Å². The van der Waals surface area contributed by atoms with Crippen LogP contribution in [0.2, 0.25) is 0 Å². The van der Waals surface area contributed by atoms with Gasteiger partial charge in [-0.05, 0) is 42.8 Å². The van der Waals surface area contributed by atoms with E-state index in [0.29, 0.717) is 21.9 Å². The molecule has 27 heavy (non-hydrogen) atoms. The molecular weight excluding hydrogens is 358 g/mol. The van der Waals surface area contributed by atoms with Gasteiger partial charge in [0.15, 0.2) is 5.82 Å². The van der Waals surface area contributed by atoms with E-state index in [0.717, 1.165) is 16.9 Å². The summed E-state index contributed by atoms with van der Waals surface area (Å²) in [7, 11) is 0. The first kappa shape index (κ1) is 17.2. The zero-order valence-electron chi connectivity index (χ0n) is 14.8. The van der Waals surface area contributed by atoms with E-state index in [1.165, 1.54) is 21.4 Å². The highest BCUT2D eigenvalue weighted by atomic mass is 32.1. The lowest BCUT2D eigenvalue weighted by Gasteiger charge is -2.02. The number of nitrogens with zero attached hydrogens (tertiary/aromatic N) is 3. The maximum atomic E-state index is 12.6. The minimum atomic E-state index is -0.153. The van der Waals surface area contributed by atoms with Crippen LogP contribution < -0.4 is 14.8 Å². The number of aromatic nitrogens is 3. The van der Waals surface area contributed by atoms with Gasteiger partial charge in [0, 0.05) is 5.56 Å². The molecule has 0 saturated carbocycles. The van der Waals surface area contributed by atoms with Gasteiger partial charge in [-0.15, -0.1) is 5.10 Å². The predicted octanol–water partition coefficient (Wildman–Crippen LogP) is 3.24. The first-order valence-electron chi connectivity index (χ1n) is 8.46. The predicted molar refractivity (Wildman–Crippen MR) is 108 cm³/mol. The zero-order chi connectivity index (χ0) is 18.8. The molecule has 0 amide bonds. The minimum Gasteiger partial charge on any atom is -0.490 e. The summed E-state index contributed by atoms with van der Waals surface area (Å²) in [5, 5.41) is 4.38. The van der Waals surface area contributed by atoms with E-state index in [1.54, 1.807) is 6.08 Å². The fraction of sp³-hybridized carbons (Fsp3) is 0.0952. The Labute approximate surface area is 159 Å². The van der Waals surface area contributed by atoms with Crippen LogP contribution in [0.1, 0.15) is 11.1 Å². The summed E-state index contributed by atoms with van der Waals surface area (Å²) in [5.41, 5.74) is 2.85. The first-order valence-corrected chi connectivity index (χ1v) is 9.28. The van der Waals surface area contributed by atoms with E-state index in [-0.39, 0.29) is 5.56 Å². The van der Waals surface area contributed by atoms with Crippen molar-refractivity contribution in [1.29, 1.82) is 0 Å². The van der Waals surface area contributed by atoms with Crippen LogP contribution in [0.15, 0.2) is 66.0 Å². The SMILES string of the molecule is C=CCOc1ccc(-c2nc3s/c(=C\c4ccc(C)cc4)c(=O)n3n2)cc1. The van der Waals surface area contributed by atoms with Gasteiger partial charge in [-0.25, -0.2) is 0 Å². The number of aryl methyl sites for hydroxylation is 1. The third-order valence-corrected chi connectivity index (χ3v) is 5.00. The number of benzene rings is 2. The number of thiazole rings is 1.